The molecule has 1 aromatic carbocycles. The van der Waals surface area contributed by atoms with Crippen LogP contribution in [0.4, 0.5) is 0 Å². The largest absolute Gasteiger partial charge is 0.493 e. The average molecular weight is 401 g/mol. The Hall–Kier alpha value is -2.61. The van der Waals surface area contributed by atoms with Crippen LogP contribution in [0.1, 0.15) is 30.9 Å². The molecule has 1 spiro atoms. The predicted molar refractivity (Wildman–Crippen MR) is 98.4 cm³/mol. The van der Waals surface area contributed by atoms with Crippen molar-refractivity contribution in [3.63, 3.8) is 0 Å². The lowest BCUT2D eigenvalue weighted by atomic mass is 9.62. The molecule has 3 fully saturated rings. The molecule has 0 radical (unpaired) electrons. The second-order valence-electron chi connectivity index (χ2n) is 8.22. The summed E-state index contributed by atoms with van der Waals surface area (Å²) in [5.41, 5.74) is -3.20. The van der Waals surface area contributed by atoms with Gasteiger partial charge in [-0.15, -0.1) is 0 Å². The molecule has 2 aliphatic carbocycles. The van der Waals surface area contributed by atoms with E-state index in [9.17, 15) is 19.5 Å². The van der Waals surface area contributed by atoms with Gasteiger partial charge in [-0.3, -0.25) is 14.4 Å². The Kier molecular flexibility index (Phi) is 3.50. The third-order valence-electron chi connectivity index (χ3n) is 7.50. The zero-order valence-corrected chi connectivity index (χ0v) is 16.6. The summed E-state index contributed by atoms with van der Waals surface area (Å²) in [5.74, 6) is -1.37. The molecule has 4 bridgehead atoms. The summed E-state index contributed by atoms with van der Waals surface area (Å²) in [6.45, 7) is 2.12. The number of carbonyl (C=O) groups excluding carboxylic acids is 3. The summed E-state index contributed by atoms with van der Waals surface area (Å²) >= 11 is 0. The van der Waals surface area contributed by atoms with Crippen LogP contribution >= 0.6 is 0 Å². The van der Waals surface area contributed by atoms with Gasteiger partial charge < -0.3 is 24.2 Å². The molecule has 2 saturated carbocycles. The van der Waals surface area contributed by atoms with E-state index in [0.717, 1.165) is 11.1 Å². The van der Waals surface area contributed by atoms with Gasteiger partial charge in [0.25, 0.3) is 5.91 Å². The van der Waals surface area contributed by atoms with Crippen LogP contribution in [0.5, 0.6) is 11.5 Å². The van der Waals surface area contributed by atoms with Crippen molar-refractivity contribution in [3.05, 3.63) is 23.3 Å². The molecule has 1 amide bonds. The first-order valence-electron chi connectivity index (χ1n) is 9.83. The Morgan fingerprint density at radius 3 is 2.59 bits per heavy atom. The number of rotatable bonds is 4. The monoisotopic (exact) mass is 401 g/mol. The van der Waals surface area contributed by atoms with Crippen molar-refractivity contribution in [2.75, 3.05) is 27.4 Å². The van der Waals surface area contributed by atoms with Crippen LogP contribution < -0.4 is 9.47 Å². The van der Waals surface area contributed by atoms with Crippen molar-refractivity contribution in [2.45, 2.75) is 37.3 Å². The molecule has 4 atom stereocenters. The highest BCUT2D eigenvalue weighted by atomic mass is 16.5. The van der Waals surface area contributed by atoms with Crippen molar-refractivity contribution in [1.29, 1.82) is 0 Å². The van der Waals surface area contributed by atoms with E-state index in [4.69, 9.17) is 14.2 Å². The number of methoxy groups -OCH3 is 2. The number of fused-ring (bicyclic) bond motifs is 1. The van der Waals surface area contributed by atoms with E-state index in [0.29, 0.717) is 24.5 Å². The van der Waals surface area contributed by atoms with Gasteiger partial charge in [0, 0.05) is 13.0 Å². The summed E-state index contributed by atoms with van der Waals surface area (Å²) in [6.07, 6.45) is 0.551. The Balaban J connectivity index is 1.83. The second-order valence-corrected chi connectivity index (χ2v) is 8.22. The molecule has 1 aromatic rings. The maximum absolute atomic E-state index is 13.4. The first kappa shape index (κ1) is 18.4. The molecule has 1 saturated heterocycles. The molecule has 154 valence electrons. The van der Waals surface area contributed by atoms with Gasteiger partial charge in [-0.05, 0) is 43.0 Å². The minimum Gasteiger partial charge on any atom is -0.493 e. The van der Waals surface area contributed by atoms with Gasteiger partial charge in [0.15, 0.2) is 17.1 Å². The first-order valence-corrected chi connectivity index (χ1v) is 9.83. The molecule has 8 heteroatoms. The number of ether oxygens (including phenoxy) is 3. The van der Waals surface area contributed by atoms with Gasteiger partial charge in [-0.25, -0.2) is 0 Å². The van der Waals surface area contributed by atoms with Gasteiger partial charge in [0.2, 0.25) is 0 Å². The molecule has 29 heavy (non-hydrogen) atoms. The maximum atomic E-state index is 13.4. The van der Waals surface area contributed by atoms with Gasteiger partial charge >= 0.3 is 5.97 Å². The fourth-order valence-corrected chi connectivity index (χ4v) is 6.47. The standard InChI is InChI=1S/C21H23NO7/c1-4-29-18(25)19-10-14(23)13-9-20(19)12-8-16(28-3)15(27-2)7-11(12)5-6-22(20)17(24)21(13,19)26/h7-8,13,26H,4-6,9-10H2,1-3H3/t13-,19+,20-,21-/m1/s1. The molecule has 0 unspecified atom stereocenters. The molecule has 0 aromatic heterocycles. The number of piperidine rings is 1. The summed E-state index contributed by atoms with van der Waals surface area (Å²) in [5, 5.41) is 11.6. The van der Waals surface area contributed by atoms with Crippen LogP contribution in [-0.4, -0.2) is 60.6 Å². The molecule has 8 nitrogen and oxygen atoms in total. The van der Waals surface area contributed by atoms with Crippen LogP contribution in [0.3, 0.4) is 0 Å². The predicted octanol–water partition coefficient (Wildman–Crippen LogP) is 0.571. The Bertz CT molecular complexity index is 974. The molecule has 5 rings (SSSR count). The van der Waals surface area contributed by atoms with Gasteiger partial charge in [0.05, 0.1) is 32.3 Å². The minimum absolute atomic E-state index is 0.0958. The number of Topliss-reactive ketones (excluding diaryl/α,β-unsaturated/α-hetero) is 1. The summed E-state index contributed by atoms with van der Waals surface area (Å²) in [6, 6.07) is 3.64. The topological polar surface area (TPSA) is 102 Å². The van der Waals surface area contributed by atoms with Crippen LogP contribution in [0, 0.1) is 11.3 Å². The number of hydrogen-bond donors (Lipinski definition) is 1. The Morgan fingerprint density at radius 2 is 1.93 bits per heavy atom. The number of nitrogens with zero attached hydrogens (tertiary/aromatic N) is 1. The Morgan fingerprint density at radius 1 is 1.24 bits per heavy atom. The average Bonchev–Trinajstić information content (AvgIpc) is 3.15. The highest BCUT2D eigenvalue weighted by Gasteiger charge is 2.91. The third kappa shape index (κ3) is 1.66. The molecular weight excluding hydrogens is 378 g/mol. The molecular formula is C21H23NO7. The number of hydrogen-bond acceptors (Lipinski definition) is 7. The van der Waals surface area contributed by atoms with Crippen molar-refractivity contribution >= 4 is 17.7 Å². The smallest absolute Gasteiger partial charge is 0.318 e. The fourth-order valence-electron chi connectivity index (χ4n) is 6.47. The number of benzene rings is 1. The minimum atomic E-state index is -2.06. The lowest BCUT2D eigenvalue weighted by molar-refractivity contribution is -0.172. The quantitative estimate of drug-likeness (QED) is 0.736. The third-order valence-corrected chi connectivity index (χ3v) is 7.50. The van der Waals surface area contributed by atoms with Crippen molar-refractivity contribution in [3.8, 4) is 11.5 Å². The van der Waals surface area contributed by atoms with E-state index in [-0.39, 0.29) is 25.2 Å². The summed E-state index contributed by atoms with van der Waals surface area (Å²) in [7, 11) is 3.07. The lowest BCUT2D eigenvalue weighted by Crippen LogP contribution is -2.59. The van der Waals surface area contributed by atoms with Crippen LogP contribution in [-0.2, 0) is 31.1 Å². The molecule has 2 heterocycles. The maximum Gasteiger partial charge on any atom is 0.318 e. The summed E-state index contributed by atoms with van der Waals surface area (Å²) < 4.78 is 16.3. The van der Waals surface area contributed by atoms with Crippen molar-refractivity contribution in [1.82, 2.24) is 4.90 Å². The lowest BCUT2D eigenvalue weighted by Gasteiger charge is -2.50. The van der Waals surface area contributed by atoms with E-state index in [1.54, 1.807) is 25.0 Å². The molecule has 2 aliphatic heterocycles. The number of amides is 1. The van der Waals surface area contributed by atoms with Gasteiger partial charge in [-0.1, -0.05) is 0 Å². The summed E-state index contributed by atoms with van der Waals surface area (Å²) in [4.78, 5) is 41.0. The SMILES string of the molecule is CCOC(=O)[C@@]12CC(=O)[C@H]3C[C@@]14c1cc(OC)c(OC)cc1CCN4C(=O)[C@]32O. The zero-order valence-electron chi connectivity index (χ0n) is 16.6. The highest BCUT2D eigenvalue weighted by Crippen LogP contribution is 2.76. The molecule has 4 aliphatic rings. The Labute approximate surface area is 167 Å². The number of ketones is 1. The number of carbonyl (C=O) groups is 3. The van der Waals surface area contributed by atoms with Crippen LogP contribution in [0.25, 0.3) is 0 Å². The normalized spacial score (nSPS) is 36.1. The van der Waals surface area contributed by atoms with E-state index >= 15 is 0 Å². The van der Waals surface area contributed by atoms with Gasteiger partial charge in [0.1, 0.15) is 11.2 Å². The van der Waals surface area contributed by atoms with E-state index in [1.165, 1.54) is 7.11 Å². The second kappa shape index (κ2) is 5.50. The van der Waals surface area contributed by atoms with Crippen LogP contribution in [0.15, 0.2) is 12.1 Å². The van der Waals surface area contributed by atoms with Crippen molar-refractivity contribution in [2.24, 2.45) is 11.3 Å². The highest BCUT2D eigenvalue weighted by molar-refractivity contribution is 6.12. The van der Waals surface area contributed by atoms with Crippen LogP contribution in [0.2, 0.25) is 0 Å². The number of aliphatic hydroxyl groups is 1. The molecule has 1 N–H and O–H groups in total. The van der Waals surface area contributed by atoms with E-state index in [1.807, 2.05) is 6.07 Å². The first-order chi connectivity index (χ1) is 13.8. The zero-order chi connectivity index (χ0) is 20.8. The number of esters is 1. The van der Waals surface area contributed by atoms with E-state index < -0.39 is 34.3 Å². The van der Waals surface area contributed by atoms with Gasteiger partial charge in [-0.2, -0.15) is 0 Å². The fraction of sp³-hybridized carbons (Fsp3) is 0.571. The van der Waals surface area contributed by atoms with Crippen molar-refractivity contribution < 1.29 is 33.7 Å². The van der Waals surface area contributed by atoms with E-state index in [2.05, 4.69) is 0 Å².